The summed E-state index contributed by atoms with van der Waals surface area (Å²) in [7, 11) is 0. The van der Waals surface area contributed by atoms with Crippen LogP contribution in [0.5, 0.6) is 0 Å². The van der Waals surface area contributed by atoms with Crippen LogP contribution in [0.25, 0.3) is 0 Å². The molecular weight excluding hydrogens is 226 g/mol. The molecule has 1 heterocycles. The van der Waals surface area contributed by atoms with Crippen LogP contribution < -0.4 is 5.32 Å². The summed E-state index contributed by atoms with van der Waals surface area (Å²) in [5.41, 5.74) is 1.25. The smallest absolute Gasteiger partial charge is 0.220 e. The lowest BCUT2D eigenvalue weighted by atomic mass is 9.96. The Balaban J connectivity index is 1.71. The van der Waals surface area contributed by atoms with Crippen molar-refractivity contribution in [2.75, 3.05) is 0 Å². The number of hydrogen-bond acceptors (Lipinski definition) is 2. The molecule has 0 bridgehead atoms. The van der Waals surface area contributed by atoms with Gasteiger partial charge in [-0.15, -0.1) is 0 Å². The zero-order valence-electron chi connectivity index (χ0n) is 10.6. The third-order valence-electron chi connectivity index (χ3n) is 3.49. The minimum absolute atomic E-state index is 0.126. The van der Waals surface area contributed by atoms with Crippen molar-refractivity contribution in [1.82, 2.24) is 5.32 Å². The fourth-order valence-corrected chi connectivity index (χ4v) is 2.48. The molecule has 0 saturated carbocycles. The molecule has 3 heteroatoms. The molecule has 1 saturated heterocycles. The number of amides is 1. The lowest BCUT2D eigenvalue weighted by Gasteiger charge is -2.25. The second kappa shape index (κ2) is 6.55. The minimum atomic E-state index is -0.325. The predicted octanol–water partition coefficient (Wildman–Crippen LogP) is 2.04. The van der Waals surface area contributed by atoms with E-state index in [1.54, 1.807) is 0 Å². The van der Waals surface area contributed by atoms with E-state index in [0.717, 1.165) is 25.7 Å². The SMILES string of the molecule is O=C1CCC[C@H](C[C@H](O)CCc2ccccc2)N1. The van der Waals surface area contributed by atoms with E-state index < -0.39 is 0 Å². The van der Waals surface area contributed by atoms with Gasteiger partial charge in [-0.05, 0) is 37.7 Å². The molecule has 0 aromatic heterocycles. The van der Waals surface area contributed by atoms with Crippen LogP contribution in [-0.4, -0.2) is 23.2 Å². The van der Waals surface area contributed by atoms with Gasteiger partial charge in [0.1, 0.15) is 0 Å². The fourth-order valence-electron chi connectivity index (χ4n) is 2.48. The molecule has 1 aromatic carbocycles. The highest BCUT2D eigenvalue weighted by Crippen LogP contribution is 2.15. The Kier molecular flexibility index (Phi) is 4.76. The molecule has 1 aliphatic heterocycles. The van der Waals surface area contributed by atoms with Gasteiger partial charge >= 0.3 is 0 Å². The molecular formula is C15H21NO2. The van der Waals surface area contributed by atoms with Gasteiger partial charge in [-0.2, -0.15) is 0 Å². The van der Waals surface area contributed by atoms with E-state index in [2.05, 4.69) is 17.4 Å². The van der Waals surface area contributed by atoms with Gasteiger partial charge < -0.3 is 10.4 Å². The number of benzene rings is 1. The first-order chi connectivity index (χ1) is 8.74. The summed E-state index contributed by atoms with van der Waals surface area (Å²) in [4.78, 5) is 11.2. The van der Waals surface area contributed by atoms with Gasteiger partial charge in [-0.3, -0.25) is 4.79 Å². The summed E-state index contributed by atoms with van der Waals surface area (Å²) in [5, 5.41) is 12.9. The van der Waals surface area contributed by atoms with Gasteiger partial charge in [-0.25, -0.2) is 0 Å². The van der Waals surface area contributed by atoms with Crippen molar-refractivity contribution >= 4 is 5.91 Å². The van der Waals surface area contributed by atoms with Crippen LogP contribution >= 0.6 is 0 Å². The van der Waals surface area contributed by atoms with Crippen molar-refractivity contribution in [3.05, 3.63) is 35.9 Å². The molecule has 1 amide bonds. The van der Waals surface area contributed by atoms with E-state index in [1.165, 1.54) is 5.56 Å². The number of carbonyl (C=O) groups excluding carboxylic acids is 1. The zero-order valence-corrected chi connectivity index (χ0v) is 10.6. The van der Waals surface area contributed by atoms with Crippen LogP contribution in [0.15, 0.2) is 30.3 Å². The van der Waals surface area contributed by atoms with Gasteiger partial charge in [-0.1, -0.05) is 30.3 Å². The predicted molar refractivity (Wildman–Crippen MR) is 71.2 cm³/mol. The highest BCUT2D eigenvalue weighted by atomic mass is 16.3. The molecule has 0 aliphatic carbocycles. The lowest BCUT2D eigenvalue weighted by molar-refractivity contribution is -0.123. The average molecular weight is 247 g/mol. The van der Waals surface area contributed by atoms with Crippen molar-refractivity contribution in [2.24, 2.45) is 0 Å². The Bertz CT molecular complexity index is 377. The zero-order chi connectivity index (χ0) is 12.8. The Morgan fingerprint density at radius 2 is 2.11 bits per heavy atom. The summed E-state index contributed by atoms with van der Waals surface area (Å²) < 4.78 is 0. The van der Waals surface area contributed by atoms with Crippen LogP contribution in [0.4, 0.5) is 0 Å². The van der Waals surface area contributed by atoms with Crippen LogP contribution in [0.2, 0.25) is 0 Å². The Morgan fingerprint density at radius 3 is 2.83 bits per heavy atom. The molecule has 2 rings (SSSR count). The van der Waals surface area contributed by atoms with Gasteiger partial charge in [0.25, 0.3) is 0 Å². The monoisotopic (exact) mass is 247 g/mol. The molecule has 0 radical (unpaired) electrons. The molecule has 18 heavy (non-hydrogen) atoms. The number of nitrogens with one attached hydrogen (secondary N) is 1. The Labute approximate surface area is 108 Å². The largest absolute Gasteiger partial charge is 0.393 e. The molecule has 1 aromatic rings. The first-order valence-electron chi connectivity index (χ1n) is 6.75. The third-order valence-corrected chi connectivity index (χ3v) is 3.49. The maximum atomic E-state index is 11.2. The molecule has 2 N–H and O–H groups in total. The third kappa shape index (κ3) is 4.15. The van der Waals surface area contributed by atoms with Crippen LogP contribution in [-0.2, 0) is 11.2 Å². The lowest BCUT2D eigenvalue weighted by Crippen LogP contribution is -2.40. The summed E-state index contributed by atoms with van der Waals surface area (Å²) in [6.45, 7) is 0. The molecule has 98 valence electrons. The van der Waals surface area contributed by atoms with Crippen molar-refractivity contribution in [3.63, 3.8) is 0 Å². The number of carbonyl (C=O) groups is 1. The minimum Gasteiger partial charge on any atom is -0.393 e. The quantitative estimate of drug-likeness (QED) is 0.836. The molecule has 2 atom stereocenters. The number of piperidine rings is 1. The number of rotatable bonds is 5. The Hall–Kier alpha value is -1.35. The number of aryl methyl sites for hydroxylation is 1. The molecule has 3 nitrogen and oxygen atoms in total. The molecule has 0 spiro atoms. The standard InChI is InChI=1S/C15H21NO2/c17-14(10-9-12-5-2-1-3-6-12)11-13-7-4-8-15(18)16-13/h1-3,5-6,13-14,17H,4,7-11H2,(H,16,18)/t13-,14-/m1/s1. The normalized spacial score (nSPS) is 21.4. The molecule has 1 fully saturated rings. The second-order valence-corrected chi connectivity index (χ2v) is 5.07. The molecule has 0 unspecified atom stereocenters. The van der Waals surface area contributed by atoms with E-state index in [9.17, 15) is 9.90 Å². The fraction of sp³-hybridized carbons (Fsp3) is 0.533. The topological polar surface area (TPSA) is 49.3 Å². The average Bonchev–Trinajstić information content (AvgIpc) is 2.38. The highest BCUT2D eigenvalue weighted by Gasteiger charge is 2.20. The van der Waals surface area contributed by atoms with Crippen molar-refractivity contribution in [3.8, 4) is 0 Å². The van der Waals surface area contributed by atoms with E-state index in [-0.39, 0.29) is 18.1 Å². The summed E-state index contributed by atoms with van der Waals surface area (Å²) in [6.07, 6.45) is 4.58. The number of aliphatic hydroxyl groups is 1. The maximum Gasteiger partial charge on any atom is 0.220 e. The first-order valence-corrected chi connectivity index (χ1v) is 6.75. The van der Waals surface area contributed by atoms with Crippen LogP contribution in [0, 0.1) is 0 Å². The van der Waals surface area contributed by atoms with Crippen LogP contribution in [0.3, 0.4) is 0 Å². The summed E-state index contributed by atoms with van der Waals surface area (Å²) in [5.74, 6) is 0.126. The first kappa shape index (κ1) is 13.1. The number of hydrogen-bond donors (Lipinski definition) is 2. The summed E-state index contributed by atoms with van der Waals surface area (Å²) >= 11 is 0. The van der Waals surface area contributed by atoms with Crippen molar-refractivity contribution in [2.45, 2.75) is 50.7 Å². The second-order valence-electron chi connectivity index (χ2n) is 5.07. The Morgan fingerprint density at radius 1 is 1.33 bits per heavy atom. The summed E-state index contributed by atoms with van der Waals surface area (Å²) in [6, 6.07) is 10.4. The number of aliphatic hydroxyl groups excluding tert-OH is 1. The van der Waals surface area contributed by atoms with Gasteiger partial charge in [0.2, 0.25) is 5.91 Å². The van der Waals surface area contributed by atoms with Gasteiger partial charge in [0.15, 0.2) is 0 Å². The van der Waals surface area contributed by atoms with E-state index in [0.29, 0.717) is 12.8 Å². The highest BCUT2D eigenvalue weighted by molar-refractivity contribution is 5.76. The van der Waals surface area contributed by atoms with Crippen molar-refractivity contribution < 1.29 is 9.90 Å². The van der Waals surface area contributed by atoms with E-state index in [1.807, 2.05) is 18.2 Å². The molecule has 1 aliphatic rings. The maximum absolute atomic E-state index is 11.2. The van der Waals surface area contributed by atoms with E-state index in [4.69, 9.17) is 0 Å². The van der Waals surface area contributed by atoms with Gasteiger partial charge in [0.05, 0.1) is 6.10 Å². The van der Waals surface area contributed by atoms with E-state index >= 15 is 0 Å². The van der Waals surface area contributed by atoms with Gasteiger partial charge in [0, 0.05) is 12.5 Å². The van der Waals surface area contributed by atoms with Crippen LogP contribution in [0.1, 0.15) is 37.7 Å². The van der Waals surface area contributed by atoms with Crippen molar-refractivity contribution in [1.29, 1.82) is 0 Å².